The Hall–Kier alpha value is -0.450. The Labute approximate surface area is 113 Å². The van der Waals surface area contributed by atoms with E-state index in [1.807, 2.05) is 0 Å². The first kappa shape index (κ1) is 12.6. The quantitative estimate of drug-likeness (QED) is 0.848. The Bertz CT molecular complexity index is 437. The molecule has 0 amide bonds. The minimum absolute atomic E-state index is 0.163. The Morgan fingerprint density at radius 3 is 2.72 bits per heavy atom. The number of rotatable bonds is 1. The number of nitrogens with zero attached hydrogens (tertiary/aromatic N) is 1. The fourth-order valence-corrected chi connectivity index (χ4v) is 4.41. The van der Waals surface area contributed by atoms with Crippen LogP contribution in [-0.2, 0) is 16.7 Å². The molecule has 0 radical (unpaired) electrons. The van der Waals surface area contributed by atoms with Gasteiger partial charge < -0.3 is 10.5 Å². The predicted octanol–water partition coefficient (Wildman–Crippen LogP) is 3.28. The molecule has 1 aromatic heterocycles. The van der Waals surface area contributed by atoms with Gasteiger partial charge in [-0.05, 0) is 26.7 Å². The molecular weight excluding hydrogens is 244 g/mol. The van der Waals surface area contributed by atoms with Crippen molar-refractivity contribution in [2.75, 3.05) is 0 Å². The van der Waals surface area contributed by atoms with Gasteiger partial charge in [-0.2, -0.15) is 0 Å². The van der Waals surface area contributed by atoms with Crippen molar-refractivity contribution in [3.05, 3.63) is 15.6 Å². The predicted molar refractivity (Wildman–Crippen MR) is 73.7 cm³/mol. The lowest BCUT2D eigenvalue weighted by molar-refractivity contribution is -0.00320. The van der Waals surface area contributed by atoms with Crippen LogP contribution in [0, 0.1) is 0 Å². The largest absolute Gasteiger partial charge is 0.370 e. The van der Waals surface area contributed by atoms with Crippen LogP contribution in [0.4, 0.5) is 0 Å². The van der Waals surface area contributed by atoms with Gasteiger partial charge in [0, 0.05) is 6.42 Å². The highest BCUT2D eigenvalue weighted by Crippen LogP contribution is 2.41. The SMILES string of the molecule is CC1Cc2nc(C3(N)CCCCC3)sc2C(C)O1. The van der Waals surface area contributed by atoms with Crippen molar-refractivity contribution in [1.29, 1.82) is 0 Å². The second-order valence-electron chi connectivity index (χ2n) is 5.84. The Morgan fingerprint density at radius 2 is 2.00 bits per heavy atom. The molecule has 3 rings (SSSR count). The van der Waals surface area contributed by atoms with Crippen LogP contribution in [-0.4, -0.2) is 11.1 Å². The lowest BCUT2D eigenvalue weighted by Crippen LogP contribution is -2.38. The molecule has 1 aromatic rings. The zero-order valence-electron chi connectivity index (χ0n) is 11.2. The fourth-order valence-electron chi connectivity index (χ4n) is 3.17. The lowest BCUT2D eigenvalue weighted by atomic mass is 9.83. The highest BCUT2D eigenvalue weighted by molar-refractivity contribution is 7.12. The summed E-state index contributed by atoms with van der Waals surface area (Å²) in [5, 5.41) is 1.15. The molecule has 100 valence electrons. The van der Waals surface area contributed by atoms with Crippen LogP contribution in [0.1, 0.15) is 67.6 Å². The van der Waals surface area contributed by atoms with E-state index in [2.05, 4.69) is 13.8 Å². The Morgan fingerprint density at radius 1 is 1.28 bits per heavy atom. The summed E-state index contributed by atoms with van der Waals surface area (Å²) in [6.07, 6.45) is 7.37. The van der Waals surface area contributed by atoms with Crippen molar-refractivity contribution in [1.82, 2.24) is 4.98 Å². The molecule has 2 atom stereocenters. The first-order valence-corrected chi connectivity index (χ1v) is 7.84. The number of fused-ring (bicyclic) bond motifs is 1. The smallest absolute Gasteiger partial charge is 0.113 e. The van der Waals surface area contributed by atoms with Crippen LogP contribution in [0.5, 0.6) is 0 Å². The van der Waals surface area contributed by atoms with E-state index >= 15 is 0 Å². The number of thiazole rings is 1. The van der Waals surface area contributed by atoms with Crippen LogP contribution in [0.2, 0.25) is 0 Å². The van der Waals surface area contributed by atoms with Crippen LogP contribution < -0.4 is 5.73 Å². The third-order valence-electron chi connectivity index (χ3n) is 4.19. The van der Waals surface area contributed by atoms with Gasteiger partial charge in [-0.3, -0.25) is 0 Å². The van der Waals surface area contributed by atoms with Crippen LogP contribution >= 0.6 is 11.3 Å². The van der Waals surface area contributed by atoms with Crippen LogP contribution in [0.3, 0.4) is 0 Å². The van der Waals surface area contributed by atoms with Gasteiger partial charge in [0.1, 0.15) is 5.01 Å². The molecule has 2 heterocycles. The highest BCUT2D eigenvalue weighted by atomic mass is 32.1. The lowest BCUT2D eigenvalue weighted by Gasteiger charge is -2.31. The first-order valence-electron chi connectivity index (χ1n) is 7.03. The number of aromatic nitrogens is 1. The number of hydrogen-bond acceptors (Lipinski definition) is 4. The topological polar surface area (TPSA) is 48.1 Å². The molecule has 3 nitrogen and oxygen atoms in total. The molecule has 4 heteroatoms. The monoisotopic (exact) mass is 266 g/mol. The summed E-state index contributed by atoms with van der Waals surface area (Å²) in [4.78, 5) is 6.16. The van der Waals surface area contributed by atoms with E-state index in [-0.39, 0.29) is 17.7 Å². The van der Waals surface area contributed by atoms with Gasteiger partial charge in [-0.25, -0.2) is 4.98 Å². The summed E-state index contributed by atoms with van der Waals surface area (Å²) in [6.45, 7) is 4.25. The Balaban J connectivity index is 1.92. The first-order chi connectivity index (χ1) is 8.58. The van der Waals surface area contributed by atoms with E-state index < -0.39 is 0 Å². The van der Waals surface area contributed by atoms with Crippen molar-refractivity contribution in [2.45, 2.75) is 70.1 Å². The molecule has 2 unspecified atom stereocenters. The molecule has 1 aliphatic heterocycles. The van der Waals surface area contributed by atoms with Gasteiger partial charge >= 0.3 is 0 Å². The summed E-state index contributed by atoms with van der Waals surface area (Å²) in [7, 11) is 0. The molecule has 18 heavy (non-hydrogen) atoms. The molecule has 2 aliphatic rings. The number of hydrogen-bond donors (Lipinski definition) is 1. The molecule has 0 saturated heterocycles. The van der Waals surface area contributed by atoms with E-state index in [1.54, 1.807) is 11.3 Å². The molecule has 1 saturated carbocycles. The third-order valence-corrected chi connectivity index (χ3v) is 5.66. The van der Waals surface area contributed by atoms with Gasteiger partial charge in [-0.15, -0.1) is 11.3 Å². The van der Waals surface area contributed by atoms with E-state index in [1.165, 1.54) is 29.8 Å². The average Bonchev–Trinajstić information content (AvgIpc) is 2.74. The number of nitrogens with two attached hydrogens (primary N) is 1. The molecular formula is C14H22N2OS. The van der Waals surface area contributed by atoms with Crippen molar-refractivity contribution >= 4 is 11.3 Å². The van der Waals surface area contributed by atoms with Gasteiger partial charge in [0.15, 0.2) is 0 Å². The molecule has 2 N–H and O–H groups in total. The zero-order chi connectivity index (χ0) is 12.8. The van der Waals surface area contributed by atoms with Gasteiger partial charge in [0.2, 0.25) is 0 Å². The zero-order valence-corrected chi connectivity index (χ0v) is 12.1. The Kier molecular flexibility index (Phi) is 3.20. The maximum Gasteiger partial charge on any atom is 0.113 e. The maximum atomic E-state index is 6.58. The summed E-state index contributed by atoms with van der Waals surface area (Å²) in [6, 6.07) is 0. The summed E-state index contributed by atoms with van der Waals surface area (Å²) >= 11 is 1.79. The molecule has 1 aliphatic carbocycles. The van der Waals surface area contributed by atoms with Crippen molar-refractivity contribution < 1.29 is 4.74 Å². The van der Waals surface area contributed by atoms with Crippen molar-refractivity contribution in [3.63, 3.8) is 0 Å². The van der Waals surface area contributed by atoms with Gasteiger partial charge in [0.25, 0.3) is 0 Å². The number of ether oxygens (including phenoxy) is 1. The normalized spacial score (nSPS) is 31.1. The summed E-state index contributed by atoms with van der Waals surface area (Å²) < 4.78 is 5.88. The summed E-state index contributed by atoms with van der Waals surface area (Å²) in [5.41, 5.74) is 7.65. The second kappa shape index (κ2) is 4.58. The minimum atomic E-state index is -0.163. The standard InChI is InChI=1S/C14H22N2OS/c1-9-8-11-12(10(2)17-9)18-13(16-11)14(15)6-4-3-5-7-14/h9-10H,3-8,15H2,1-2H3. The van der Waals surface area contributed by atoms with E-state index in [4.69, 9.17) is 15.5 Å². The van der Waals surface area contributed by atoms with E-state index in [0.29, 0.717) is 0 Å². The molecule has 1 fully saturated rings. The third kappa shape index (κ3) is 2.10. The van der Waals surface area contributed by atoms with Gasteiger partial charge in [0.05, 0.1) is 28.3 Å². The fraction of sp³-hybridized carbons (Fsp3) is 0.786. The minimum Gasteiger partial charge on any atom is -0.370 e. The van der Waals surface area contributed by atoms with Gasteiger partial charge in [-0.1, -0.05) is 19.3 Å². The van der Waals surface area contributed by atoms with Crippen molar-refractivity contribution in [2.24, 2.45) is 5.73 Å². The maximum absolute atomic E-state index is 6.58. The van der Waals surface area contributed by atoms with E-state index in [0.717, 1.165) is 24.3 Å². The summed E-state index contributed by atoms with van der Waals surface area (Å²) in [5.74, 6) is 0. The second-order valence-corrected chi connectivity index (χ2v) is 6.87. The van der Waals surface area contributed by atoms with Crippen LogP contribution in [0.25, 0.3) is 0 Å². The molecule has 0 spiro atoms. The average molecular weight is 266 g/mol. The highest BCUT2D eigenvalue weighted by Gasteiger charge is 2.35. The van der Waals surface area contributed by atoms with E-state index in [9.17, 15) is 0 Å². The van der Waals surface area contributed by atoms with Crippen molar-refractivity contribution in [3.8, 4) is 0 Å². The molecule has 0 bridgehead atoms. The molecule has 0 aromatic carbocycles. The van der Waals surface area contributed by atoms with Crippen LogP contribution in [0.15, 0.2) is 0 Å².